The number of nitrogens with one attached hydrogen (secondary N) is 1. The first-order chi connectivity index (χ1) is 4.84. The summed E-state index contributed by atoms with van der Waals surface area (Å²) in [6, 6.07) is 3.54. The standard InChI is InChI=1S/C8H9NO/c1-2-4-7(9)8-5-3-6-10-8/h2-3,5-6,9H,1,4H2. The molecule has 1 heterocycles. The first kappa shape index (κ1) is 6.81. The Labute approximate surface area is 59.7 Å². The van der Waals surface area contributed by atoms with Gasteiger partial charge in [-0.1, -0.05) is 6.08 Å². The fourth-order valence-corrected chi connectivity index (χ4v) is 0.695. The maximum absolute atomic E-state index is 7.38. The summed E-state index contributed by atoms with van der Waals surface area (Å²) >= 11 is 0. The van der Waals surface area contributed by atoms with Crippen molar-refractivity contribution in [1.29, 1.82) is 5.41 Å². The third-order valence-electron chi connectivity index (χ3n) is 1.17. The molecule has 0 fully saturated rings. The van der Waals surface area contributed by atoms with Crippen LogP contribution in [0.2, 0.25) is 0 Å². The Morgan fingerprint density at radius 1 is 1.80 bits per heavy atom. The predicted octanol–water partition coefficient (Wildman–Crippen LogP) is 2.22. The van der Waals surface area contributed by atoms with Gasteiger partial charge < -0.3 is 9.83 Å². The molecule has 1 N–H and O–H groups in total. The van der Waals surface area contributed by atoms with Crippen LogP contribution < -0.4 is 0 Å². The fraction of sp³-hybridized carbons (Fsp3) is 0.125. The Hall–Kier alpha value is -1.31. The van der Waals surface area contributed by atoms with Crippen LogP contribution in [0.5, 0.6) is 0 Å². The normalized spacial score (nSPS) is 9.20. The van der Waals surface area contributed by atoms with Crippen molar-refractivity contribution in [3.8, 4) is 0 Å². The van der Waals surface area contributed by atoms with E-state index in [1.807, 2.05) is 0 Å². The van der Waals surface area contributed by atoms with Crippen molar-refractivity contribution >= 4 is 5.71 Å². The molecule has 0 spiro atoms. The molecular formula is C8H9NO. The van der Waals surface area contributed by atoms with Crippen molar-refractivity contribution in [1.82, 2.24) is 0 Å². The van der Waals surface area contributed by atoms with Gasteiger partial charge in [0, 0.05) is 6.42 Å². The van der Waals surface area contributed by atoms with Crippen molar-refractivity contribution in [2.24, 2.45) is 0 Å². The summed E-state index contributed by atoms with van der Waals surface area (Å²) in [6.07, 6.45) is 3.81. The minimum Gasteiger partial charge on any atom is -0.463 e. The highest BCUT2D eigenvalue weighted by Crippen LogP contribution is 2.03. The van der Waals surface area contributed by atoms with Crippen LogP contribution in [0.4, 0.5) is 0 Å². The van der Waals surface area contributed by atoms with Crippen molar-refractivity contribution in [3.63, 3.8) is 0 Å². The molecule has 0 aliphatic heterocycles. The zero-order valence-electron chi connectivity index (χ0n) is 5.63. The van der Waals surface area contributed by atoms with E-state index in [2.05, 4.69) is 6.58 Å². The molecule has 52 valence electrons. The Morgan fingerprint density at radius 3 is 3.10 bits per heavy atom. The van der Waals surface area contributed by atoms with Crippen LogP contribution in [-0.4, -0.2) is 5.71 Å². The lowest BCUT2D eigenvalue weighted by Gasteiger charge is -1.91. The summed E-state index contributed by atoms with van der Waals surface area (Å²) < 4.78 is 4.98. The van der Waals surface area contributed by atoms with E-state index in [4.69, 9.17) is 9.83 Å². The van der Waals surface area contributed by atoms with E-state index in [-0.39, 0.29) is 0 Å². The Bertz CT molecular complexity index is 223. The van der Waals surface area contributed by atoms with Crippen LogP contribution in [0.1, 0.15) is 12.2 Å². The summed E-state index contributed by atoms with van der Waals surface area (Å²) in [6.45, 7) is 3.53. The quantitative estimate of drug-likeness (QED) is 0.500. The average molecular weight is 135 g/mol. The highest BCUT2D eigenvalue weighted by molar-refractivity contribution is 5.96. The van der Waals surface area contributed by atoms with Crippen molar-refractivity contribution in [3.05, 3.63) is 36.8 Å². The molecule has 0 atom stereocenters. The lowest BCUT2D eigenvalue weighted by Crippen LogP contribution is -1.93. The molecule has 0 radical (unpaired) electrons. The van der Waals surface area contributed by atoms with E-state index in [9.17, 15) is 0 Å². The third kappa shape index (κ3) is 1.35. The van der Waals surface area contributed by atoms with Gasteiger partial charge in [0.05, 0.1) is 12.0 Å². The van der Waals surface area contributed by atoms with E-state index in [0.717, 1.165) is 0 Å². The summed E-state index contributed by atoms with van der Waals surface area (Å²) in [5, 5.41) is 7.38. The van der Waals surface area contributed by atoms with E-state index in [1.54, 1.807) is 24.5 Å². The summed E-state index contributed by atoms with van der Waals surface area (Å²) in [4.78, 5) is 0. The smallest absolute Gasteiger partial charge is 0.147 e. The van der Waals surface area contributed by atoms with Crippen LogP contribution in [0, 0.1) is 5.41 Å². The van der Waals surface area contributed by atoms with E-state index < -0.39 is 0 Å². The molecule has 10 heavy (non-hydrogen) atoms. The monoisotopic (exact) mass is 135 g/mol. The van der Waals surface area contributed by atoms with Crippen LogP contribution in [0.25, 0.3) is 0 Å². The van der Waals surface area contributed by atoms with Crippen LogP contribution in [0.3, 0.4) is 0 Å². The number of rotatable bonds is 3. The SMILES string of the molecule is C=CCC(=N)c1ccco1. The molecular weight excluding hydrogens is 126 g/mol. The van der Waals surface area contributed by atoms with E-state index in [1.165, 1.54) is 0 Å². The maximum Gasteiger partial charge on any atom is 0.147 e. The predicted molar refractivity (Wildman–Crippen MR) is 40.4 cm³/mol. The lowest BCUT2D eigenvalue weighted by atomic mass is 10.2. The van der Waals surface area contributed by atoms with Gasteiger partial charge in [0.1, 0.15) is 5.76 Å². The van der Waals surface area contributed by atoms with Gasteiger partial charge in [0.25, 0.3) is 0 Å². The Morgan fingerprint density at radius 2 is 2.60 bits per heavy atom. The molecule has 0 unspecified atom stereocenters. The van der Waals surface area contributed by atoms with Crippen molar-refractivity contribution in [2.45, 2.75) is 6.42 Å². The second kappa shape index (κ2) is 3.01. The highest BCUT2D eigenvalue weighted by Gasteiger charge is 1.99. The summed E-state index contributed by atoms with van der Waals surface area (Å²) in [5.74, 6) is 0.625. The van der Waals surface area contributed by atoms with Gasteiger partial charge in [-0.25, -0.2) is 0 Å². The molecule has 1 aromatic rings. The molecule has 1 rings (SSSR count). The van der Waals surface area contributed by atoms with Crippen molar-refractivity contribution in [2.75, 3.05) is 0 Å². The molecule has 2 heteroatoms. The molecule has 0 bridgehead atoms. The topological polar surface area (TPSA) is 37.0 Å². The van der Waals surface area contributed by atoms with Crippen LogP contribution >= 0.6 is 0 Å². The fourth-order valence-electron chi connectivity index (χ4n) is 0.695. The minimum atomic E-state index is 0.472. The minimum absolute atomic E-state index is 0.472. The second-order valence-corrected chi connectivity index (χ2v) is 1.95. The first-order valence-corrected chi connectivity index (χ1v) is 3.07. The van der Waals surface area contributed by atoms with Crippen molar-refractivity contribution < 1.29 is 4.42 Å². The van der Waals surface area contributed by atoms with Crippen LogP contribution in [-0.2, 0) is 0 Å². The molecule has 0 aliphatic carbocycles. The zero-order valence-corrected chi connectivity index (χ0v) is 5.63. The maximum atomic E-state index is 7.38. The summed E-state index contributed by atoms with van der Waals surface area (Å²) in [5.41, 5.74) is 0.472. The Kier molecular flexibility index (Phi) is 2.05. The lowest BCUT2D eigenvalue weighted by molar-refractivity contribution is 0.556. The average Bonchev–Trinajstić information content (AvgIpc) is 2.38. The van der Waals surface area contributed by atoms with Gasteiger partial charge in [-0.15, -0.1) is 6.58 Å². The molecule has 0 saturated heterocycles. The highest BCUT2D eigenvalue weighted by atomic mass is 16.3. The number of furan rings is 1. The number of hydrogen-bond donors (Lipinski definition) is 1. The van der Waals surface area contributed by atoms with Crippen LogP contribution in [0.15, 0.2) is 35.5 Å². The Balaban J connectivity index is 2.68. The largest absolute Gasteiger partial charge is 0.463 e. The van der Waals surface area contributed by atoms with Gasteiger partial charge in [-0.2, -0.15) is 0 Å². The van der Waals surface area contributed by atoms with Gasteiger partial charge >= 0.3 is 0 Å². The molecule has 1 aromatic heterocycles. The molecule has 0 aromatic carbocycles. The van der Waals surface area contributed by atoms with E-state index in [0.29, 0.717) is 17.9 Å². The molecule has 0 aliphatic rings. The second-order valence-electron chi connectivity index (χ2n) is 1.95. The molecule has 0 saturated carbocycles. The van der Waals surface area contributed by atoms with Gasteiger partial charge in [-0.3, -0.25) is 0 Å². The summed E-state index contributed by atoms with van der Waals surface area (Å²) in [7, 11) is 0. The molecule has 0 amide bonds. The number of hydrogen-bond acceptors (Lipinski definition) is 2. The van der Waals surface area contributed by atoms with Gasteiger partial charge in [-0.05, 0) is 12.1 Å². The van der Waals surface area contributed by atoms with Gasteiger partial charge in [0.2, 0.25) is 0 Å². The van der Waals surface area contributed by atoms with E-state index >= 15 is 0 Å². The zero-order chi connectivity index (χ0) is 7.40. The molecule has 2 nitrogen and oxygen atoms in total. The van der Waals surface area contributed by atoms with Gasteiger partial charge in [0.15, 0.2) is 0 Å². The number of allylic oxidation sites excluding steroid dienone is 1. The third-order valence-corrected chi connectivity index (χ3v) is 1.17. The first-order valence-electron chi connectivity index (χ1n) is 3.07.